The highest BCUT2D eigenvalue weighted by Gasteiger charge is 2.20. The zero-order valence-corrected chi connectivity index (χ0v) is 12.5. The number of hydrogen-bond donors (Lipinski definition) is 2. The number of carbonyl (C=O) groups excluding carboxylic acids is 1. The maximum absolute atomic E-state index is 13.6. The highest BCUT2D eigenvalue weighted by Crippen LogP contribution is 2.29. The molecule has 0 spiro atoms. The first-order valence-corrected chi connectivity index (χ1v) is 6.87. The van der Waals surface area contributed by atoms with E-state index in [0.717, 1.165) is 9.87 Å². The van der Waals surface area contributed by atoms with E-state index >= 15 is 0 Å². The number of thiol groups is 1. The predicted molar refractivity (Wildman–Crippen MR) is 85.6 cm³/mol. The Morgan fingerprint density at radius 3 is 2.73 bits per heavy atom. The summed E-state index contributed by atoms with van der Waals surface area (Å²) in [6.07, 6.45) is 0. The van der Waals surface area contributed by atoms with Crippen molar-refractivity contribution in [1.82, 2.24) is 5.16 Å². The first-order valence-electron chi connectivity index (χ1n) is 6.47. The smallest absolute Gasteiger partial charge is 0.337 e. The van der Waals surface area contributed by atoms with Crippen LogP contribution in [-0.4, -0.2) is 11.2 Å². The van der Waals surface area contributed by atoms with Crippen molar-refractivity contribution in [2.24, 2.45) is 0 Å². The Morgan fingerprint density at radius 1 is 1.27 bits per heavy atom. The van der Waals surface area contributed by atoms with Crippen LogP contribution >= 0.6 is 12.8 Å². The SMILES string of the molecule is Cc1ccc(NC(=O)N(S)c2noc3c(F)cccc23)cc1. The van der Waals surface area contributed by atoms with Crippen LogP contribution in [0, 0.1) is 12.7 Å². The highest BCUT2D eigenvalue weighted by molar-refractivity contribution is 7.82. The summed E-state index contributed by atoms with van der Waals surface area (Å²) in [5.41, 5.74) is 1.69. The monoisotopic (exact) mass is 317 g/mol. The number of anilines is 2. The van der Waals surface area contributed by atoms with Crippen LogP contribution in [0.15, 0.2) is 47.0 Å². The number of nitrogens with one attached hydrogen (secondary N) is 1. The number of rotatable bonds is 2. The van der Waals surface area contributed by atoms with Gasteiger partial charge in [0.2, 0.25) is 5.58 Å². The van der Waals surface area contributed by atoms with Crippen molar-refractivity contribution in [3.63, 3.8) is 0 Å². The number of carbonyl (C=O) groups is 1. The first-order chi connectivity index (χ1) is 10.6. The Bertz CT molecular complexity index is 832. The molecule has 1 N–H and O–H groups in total. The van der Waals surface area contributed by atoms with Crippen LogP contribution < -0.4 is 9.62 Å². The van der Waals surface area contributed by atoms with E-state index in [4.69, 9.17) is 4.52 Å². The minimum Gasteiger partial charge on any atom is -0.351 e. The van der Waals surface area contributed by atoms with Gasteiger partial charge in [0.1, 0.15) is 0 Å². The molecule has 0 saturated heterocycles. The summed E-state index contributed by atoms with van der Waals surface area (Å²) >= 11 is 4.12. The van der Waals surface area contributed by atoms with Crippen molar-refractivity contribution in [1.29, 1.82) is 0 Å². The van der Waals surface area contributed by atoms with Crippen LogP contribution in [-0.2, 0) is 0 Å². The second kappa shape index (κ2) is 5.69. The lowest BCUT2D eigenvalue weighted by atomic mass is 10.2. The van der Waals surface area contributed by atoms with Gasteiger partial charge in [-0.3, -0.25) is 0 Å². The van der Waals surface area contributed by atoms with E-state index in [1.54, 1.807) is 18.2 Å². The molecule has 1 aromatic heterocycles. The number of para-hydroxylation sites is 1. The van der Waals surface area contributed by atoms with E-state index in [2.05, 4.69) is 23.3 Å². The molecule has 0 unspecified atom stereocenters. The Labute approximate surface area is 131 Å². The van der Waals surface area contributed by atoms with Crippen LogP contribution in [0.1, 0.15) is 5.56 Å². The number of benzene rings is 2. The average Bonchev–Trinajstić information content (AvgIpc) is 2.94. The van der Waals surface area contributed by atoms with E-state index in [9.17, 15) is 9.18 Å². The summed E-state index contributed by atoms with van der Waals surface area (Å²) in [4.78, 5) is 12.2. The molecule has 0 aliphatic heterocycles. The number of halogens is 1. The Morgan fingerprint density at radius 2 is 2.00 bits per heavy atom. The fraction of sp³-hybridized carbons (Fsp3) is 0.0667. The van der Waals surface area contributed by atoms with Gasteiger partial charge in [0.15, 0.2) is 11.6 Å². The summed E-state index contributed by atoms with van der Waals surface area (Å²) in [6.45, 7) is 1.95. The number of urea groups is 1. The van der Waals surface area contributed by atoms with Crippen molar-refractivity contribution < 1.29 is 13.7 Å². The molecule has 2 amide bonds. The predicted octanol–water partition coefficient (Wildman–Crippen LogP) is 4.16. The number of aryl methyl sites for hydroxylation is 1. The standard InChI is InChI=1S/C15H12FN3O2S/c1-9-5-7-10(8-6-9)17-15(20)19(22)14-11-3-2-4-12(16)13(11)21-18-14/h2-8,22H,1H3,(H,17,20). The van der Waals surface area contributed by atoms with Crippen LogP contribution in [0.25, 0.3) is 11.0 Å². The maximum Gasteiger partial charge on any atom is 0.337 e. The number of fused-ring (bicyclic) bond motifs is 1. The molecule has 3 aromatic rings. The molecule has 0 atom stereocenters. The van der Waals surface area contributed by atoms with E-state index in [1.165, 1.54) is 12.1 Å². The first kappa shape index (κ1) is 14.4. The molecule has 0 saturated carbocycles. The molecule has 3 rings (SSSR count). The topological polar surface area (TPSA) is 58.4 Å². The van der Waals surface area contributed by atoms with Crippen molar-refractivity contribution in [2.45, 2.75) is 6.92 Å². The summed E-state index contributed by atoms with van der Waals surface area (Å²) < 4.78 is 19.5. The minimum atomic E-state index is -0.545. The lowest BCUT2D eigenvalue weighted by Crippen LogP contribution is -2.27. The number of hydrogen-bond acceptors (Lipinski definition) is 4. The van der Waals surface area contributed by atoms with Gasteiger partial charge >= 0.3 is 6.03 Å². The lowest BCUT2D eigenvalue weighted by Gasteiger charge is -2.13. The van der Waals surface area contributed by atoms with Gasteiger partial charge in [0, 0.05) is 5.69 Å². The molecular weight excluding hydrogens is 305 g/mol. The van der Waals surface area contributed by atoms with Crippen molar-refractivity contribution in [3.8, 4) is 0 Å². The number of nitrogens with zero attached hydrogens (tertiary/aromatic N) is 2. The maximum atomic E-state index is 13.6. The normalized spacial score (nSPS) is 10.7. The molecule has 22 heavy (non-hydrogen) atoms. The molecule has 0 aliphatic rings. The zero-order chi connectivity index (χ0) is 15.7. The number of aromatic nitrogens is 1. The fourth-order valence-corrected chi connectivity index (χ4v) is 2.17. The molecule has 0 bridgehead atoms. The zero-order valence-electron chi connectivity index (χ0n) is 11.6. The summed E-state index contributed by atoms with van der Waals surface area (Å²) in [5, 5.41) is 6.75. The largest absolute Gasteiger partial charge is 0.351 e. The second-order valence-electron chi connectivity index (χ2n) is 4.73. The molecule has 0 radical (unpaired) electrons. The molecule has 0 fully saturated rings. The Hall–Kier alpha value is -2.54. The molecular formula is C15H12FN3O2S. The highest BCUT2D eigenvalue weighted by atomic mass is 32.1. The number of amides is 2. The van der Waals surface area contributed by atoms with Gasteiger partial charge in [-0.1, -0.05) is 41.7 Å². The summed E-state index contributed by atoms with van der Waals surface area (Å²) in [7, 11) is 0. The van der Waals surface area contributed by atoms with Gasteiger partial charge in [0.25, 0.3) is 0 Å². The van der Waals surface area contributed by atoms with Crippen molar-refractivity contribution >= 4 is 41.3 Å². The summed E-state index contributed by atoms with van der Waals surface area (Å²) in [6, 6.07) is 11.1. The fourth-order valence-electron chi connectivity index (χ4n) is 1.98. The third-order valence-electron chi connectivity index (χ3n) is 3.13. The third kappa shape index (κ3) is 2.62. The van der Waals surface area contributed by atoms with Gasteiger partial charge < -0.3 is 9.84 Å². The lowest BCUT2D eigenvalue weighted by molar-refractivity contribution is 0.260. The summed E-state index contributed by atoms with van der Waals surface area (Å²) in [5.74, 6) is -0.417. The van der Waals surface area contributed by atoms with Gasteiger partial charge in [-0.25, -0.2) is 13.5 Å². The molecule has 5 nitrogen and oxygen atoms in total. The molecule has 0 aliphatic carbocycles. The van der Waals surface area contributed by atoms with Crippen molar-refractivity contribution in [3.05, 3.63) is 53.8 Å². The van der Waals surface area contributed by atoms with Gasteiger partial charge in [-0.05, 0) is 31.2 Å². The third-order valence-corrected chi connectivity index (χ3v) is 3.50. The van der Waals surface area contributed by atoms with Gasteiger partial charge in [-0.2, -0.15) is 0 Å². The average molecular weight is 317 g/mol. The molecule has 1 heterocycles. The quantitative estimate of drug-likeness (QED) is 0.698. The molecule has 7 heteroatoms. The minimum absolute atomic E-state index is 0.0142. The van der Waals surface area contributed by atoms with Gasteiger partial charge in [0.05, 0.1) is 5.39 Å². The van der Waals surface area contributed by atoms with Crippen LogP contribution in [0.3, 0.4) is 0 Å². The van der Waals surface area contributed by atoms with E-state index in [0.29, 0.717) is 11.1 Å². The molecule has 2 aromatic carbocycles. The van der Waals surface area contributed by atoms with Crippen molar-refractivity contribution in [2.75, 3.05) is 9.62 Å². The Balaban J connectivity index is 1.85. The van der Waals surface area contributed by atoms with Crippen LogP contribution in [0.5, 0.6) is 0 Å². The van der Waals surface area contributed by atoms with E-state index in [1.807, 2.05) is 19.1 Å². The van der Waals surface area contributed by atoms with Crippen LogP contribution in [0.4, 0.5) is 20.7 Å². The second-order valence-corrected chi connectivity index (χ2v) is 5.13. The van der Waals surface area contributed by atoms with E-state index < -0.39 is 11.8 Å². The van der Waals surface area contributed by atoms with E-state index in [-0.39, 0.29) is 11.4 Å². The molecule has 112 valence electrons. The van der Waals surface area contributed by atoms with Gasteiger partial charge in [-0.15, -0.1) is 0 Å². The Kier molecular flexibility index (Phi) is 3.72. The van der Waals surface area contributed by atoms with Crippen LogP contribution in [0.2, 0.25) is 0 Å².